The predicted molar refractivity (Wildman–Crippen MR) is 114 cm³/mol. The first kappa shape index (κ1) is 20.3. The van der Waals surface area contributed by atoms with E-state index in [9.17, 15) is 4.79 Å². The maximum Gasteiger partial charge on any atom is 0.227 e. The van der Waals surface area contributed by atoms with Gasteiger partial charge in [-0.25, -0.2) is 0 Å². The second kappa shape index (κ2) is 10.2. The Kier molecular flexibility index (Phi) is 7.39. The molecule has 6 nitrogen and oxygen atoms in total. The first-order valence-corrected chi connectivity index (χ1v) is 11.0. The second-order valence-corrected chi connectivity index (χ2v) is 7.82. The van der Waals surface area contributed by atoms with Gasteiger partial charge in [-0.3, -0.25) is 9.36 Å². The molecule has 1 amide bonds. The van der Waals surface area contributed by atoms with Crippen molar-refractivity contribution in [2.45, 2.75) is 23.6 Å². The van der Waals surface area contributed by atoms with Gasteiger partial charge in [-0.1, -0.05) is 42.1 Å². The van der Waals surface area contributed by atoms with Crippen LogP contribution in [0, 0.1) is 0 Å². The minimum absolute atomic E-state index is 0.159. The molecule has 0 spiro atoms. The molecule has 0 fully saturated rings. The fraction of sp³-hybridized carbons (Fsp3) is 0.250. The predicted octanol–water partition coefficient (Wildman–Crippen LogP) is 3.68. The third-order valence-corrected chi connectivity index (χ3v) is 5.74. The lowest BCUT2D eigenvalue weighted by atomic mass is 10.2. The lowest BCUT2D eigenvalue weighted by Crippen LogP contribution is -2.14. The summed E-state index contributed by atoms with van der Waals surface area (Å²) in [6, 6.07) is 18.1. The topological polar surface area (TPSA) is 83.0 Å². The number of nitrogens with zero attached hydrogens (tertiary/aromatic N) is 3. The molecule has 0 unspecified atom stereocenters. The summed E-state index contributed by atoms with van der Waals surface area (Å²) >= 11 is 3.06. The van der Waals surface area contributed by atoms with Crippen LogP contribution in [0.15, 0.2) is 59.8 Å². The molecule has 2 aromatic carbocycles. The van der Waals surface area contributed by atoms with Gasteiger partial charge in [-0.05, 0) is 36.8 Å². The SMILES string of the molecule is CCOc1ccc(-n2c(CSCc3ccccc3)nnc2SCC(N)=O)cc1. The number of carbonyl (C=O) groups is 1. The van der Waals surface area contributed by atoms with Crippen LogP contribution in [0.2, 0.25) is 0 Å². The molecule has 0 aliphatic rings. The fourth-order valence-electron chi connectivity index (χ4n) is 2.57. The van der Waals surface area contributed by atoms with E-state index in [-0.39, 0.29) is 11.7 Å². The van der Waals surface area contributed by atoms with Crippen LogP contribution in [0.3, 0.4) is 0 Å². The van der Waals surface area contributed by atoms with Crippen LogP contribution in [-0.2, 0) is 16.3 Å². The van der Waals surface area contributed by atoms with E-state index in [1.54, 1.807) is 11.8 Å². The van der Waals surface area contributed by atoms with Crippen molar-refractivity contribution in [2.24, 2.45) is 5.73 Å². The van der Waals surface area contributed by atoms with E-state index in [0.29, 0.717) is 17.5 Å². The van der Waals surface area contributed by atoms with Crippen molar-refractivity contribution in [1.82, 2.24) is 14.8 Å². The maximum atomic E-state index is 11.2. The van der Waals surface area contributed by atoms with Gasteiger partial charge >= 0.3 is 0 Å². The van der Waals surface area contributed by atoms with E-state index < -0.39 is 0 Å². The van der Waals surface area contributed by atoms with E-state index in [0.717, 1.165) is 23.0 Å². The summed E-state index contributed by atoms with van der Waals surface area (Å²) in [6.45, 7) is 2.57. The summed E-state index contributed by atoms with van der Waals surface area (Å²) in [7, 11) is 0. The van der Waals surface area contributed by atoms with Gasteiger partial charge in [-0.2, -0.15) is 0 Å². The van der Waals surface area contributed by atoms with Crippen molar-refractivity contribution in [3.05, 3.63) is 66.0 Å². The monoisotopic (exact) mass is 414 g/mol. The molecule has 0 saturated heterocycles. The van der Waals surface area contributed by atoms with Crippen LogP contribution in [-0.4, -0.2) is 33.0 Å². The van der Waals surface area contributed by atoms with E-state index >= 15 is 0 Å². The first-order chi connectivity index (χ1) is 13.7. The van der Waals surface area contributed by atoms with Gasteiger partial charge in [0.15, 0.2) is 5.16 Å². The van der Waals surface area contributed by atoms with Gasteiger partial charge in [0.2, 0.25) is 5.91 Å². The van der Waals surface area contributed by atoms with E-state index in [2.05, 4.69) is 22.3 Å². The van der Waals surface area contributed by atoms with Crippen molar-refractivity contribution < 1.29 is 9.53 Å². The van der Waals surface area contributed by atoms with Crippen molar-refractivity contribution >= 4 is 29.4 Å². The smallest absolute Gasteiger partial charge is 0.227 e. The highest BCUT2D eigenvalue weighted by molar-refractivity contribution is 7.99. The molecule has 3 rings (SSSR count). The highest BCUT2D eigenvalue weighted by Gasteiger charge is 2.15. The number of ether oxygens (including phenoxy) is 1. The highest BCUT2D eigenvalue weighted by atomic mass is 32.2. The van der Waals surface area contributed by atoms with Gasteiger partial charge in [0, 0.05) is 11.4 Å². The zero-order valence-corrected chi connectivity index (χ0v) is 17.2. The molecule has 0 aliphatic heterocycles. The molecule has 0 atom stereocenters. The van der Waals surface area contributed by atoms with Crippen LogP contribution < -0.4 is 10.5 Å². The number of rotatable bonds is 10. The van der Waals surface area contributed by atoms with Crippen LogP contribution in [0.5, 0.6) is 5.75 Å². The van der Waals surface area contributed by atoms with Crippen molar-refractivity contribution in [1.29, 1.82) is 0 Å². The van der Waals surface area contributed by atoms with Gasteiger partial charge in [0.1, 0.15) is 11.6 Å². The number of nitrogens with two attached hydrogens (primary N) is 1. The summed E-state index contributed by atoms with van der Waals surface area (Å²) in [5.41, 5.74) is 7.49. The number of hydrogen-bond acceptors (Lipinski definition) is 6. The minimum atomic E-state index is -0.383. The fourth-order valence-corrected chi connectivity index (χ4v) is 4.18. The molecule has 3 aromatic rings. The second-order valence-electron chi connectivity index (χ2n) is 5.89. The molecule has 2 N–H and O–H groups in total. The molecule has 0 radical (unpaired) electrons. The van der Waals surface area contributed by atoms with Crippen molar-refractivity contribution in [3.8, 4) is 11.4 Å². The number of benzene rings is 2. The van der Waals surface area contributed by atoms with Crippen molar-refractivity contribution in [2.75, 3.05) is 12.4 Å². The average molecular weight is 415 g/mol. The molecule has 1 aromatic heterocycles. The summed E-state index contributed by atoms with van der Waals surface area (Å²) in [5, 5.41) is 9.27. The number of primary amides is 1. The maximum absolute atomic E-state index is 11.2. The molecule has 8 heteroatoms. The van der Waals surface area contributed by atoms with Gasteiger partial charge in [-0.15, -0.1) is 22.0 Å². The Morgan fingerprint density at radius 3 is 2.50 bits per heavy atom. The summed E-state index contributed by atoms with van der Waals surface area (Å²) < 4.78 is 7.49. The third-order valence-electron chi connectivity index (χ3n) is 3.79. The minimum Gasteiger partial charge on any atom is -0.494 e. The number of aromatic nitrogens is 3. The molecule has 1 heterocycles. The molecule has 0 saturated carbocycles. The van der Waals surface area contributed by atoms with Crippen LogP contribution in [0.1, 0.15) is 18.3 Å². The summed E-state index contributed by atoms with van der Waals surface area (Å²) in [5.74, 6) is 3.01. The number of carbonyl (C=O) groups excluding carboxylic acids is 1. The quantitative estimate of drug-likeness (QED) is 0.510. The Hall–Kier alpha value is -2.45. The summed E-state index contributed by atoms with van der Waals surface area (Å²) in [6.07, 6.45) is 0. The van der Waals surface area contributed by atoms with Gasteiger partial charge in [0.05, 0.1) is 18.1 Å². The molecule has 146 valence electrons. The largest absolute Gasteiger partial charge is 0.494 e. The van der Waals surface area contributed by atoms with Crippen LogP contribution >= 0.6 is 23.5 Å². The number of thioether (sulfide) groups is 2. The number of amides is 1. The first-order valence-electron chi connectivity index (χ1n) is 8.87. The zero-order valence-electron chi connectivity index (χ0n) is 15.6. The lowest BCUT2D eigenvalue weighted by Gasteiger charge is -2.11. The summed E-state index contributed by atoms with van der Waals surface area (Å²) in [4.78, 5) is 11.2. The Labute approximate surface area is 172 Å². The molecule has 0 aliphatic carbocycles. The third kappa shape index (κ3) is 5.53. The van der Waals surface area contributed by atoms with Gasteiger partial charge < -0.3 is 10.5 Å². The standard InChI is InChI=1S/C20H22N4O2S2/c1-2-26-17-10-8-16(9-11-17)24-19(22-23-20(24)28-13-18(21)25)14-27-12-15-6-4-3-5-7-15/h3-11H,2,12-14H2,1H3,(H2,21,25). The lowest BCUT2D eigenvalue weighted by molar-refractivity contribution is -0.115. The van der Waals surface area contributed by atoms with Gasteiger partial charge in [0.25, 0.3) is 0 Å². The van der Waals surface area contributed by atoms with E-state index in [1.807, 2.05) is 54.0 Å². The van der Waals surface area contributed by atoms with Crippen LogP contribution in [0.4, 0.5) is 0 Å². The van der Waals surface area contributed by atoms with E-state index in [4.69, 9.17) is 10.5 Å². The molecule has 28 heavy (non-hydrogen) atoms. The normalized spacial score (nSPS) is 10.8. The molecule has 0 bridgehead atoms. The molecular weight excluding hydrogens is 392 g/mol. The number of hydrogen-bond donors (Lipinski definition) is 1. The Balaban J connectivity index is 1.79. The van der Waals surface area contributed by atoms with E-state index in [1.165, 1.54) is 17.3 Å². The van der Waals surface area contributed by atoms with Crippen molar-refractivity contribution in [3.63, 3.8) is 0 Å². The highest BCUT2D eigenvalue weighted by Crippen LogP contribution is 2.26. The van der Waals surface area contributed by atoms with Crippen LogP contribution in [0.25, 0.3) is 5.69 Å². The Bertz CT molecular complexity index is 898. The average Bonchev–Trinajstić information content (AvgIpc) is 3.11. The zero-order chi connectivity index (χ0) is 19.8. The Morgan fingerprint density at radius 1 is 1.07 bits per heavy atom. The Morgan fingerprint density at radius 2 is 1.82 bits per heavy atom. The molecular formula is C20H22N4O2S2.